The van der Waals surface area contributed by atoms with Gasteiger partial charge in [0.15, 0.2) is 0 Å². The Morgan fingerprint density at radius 1 is 1.89 bits per heavy atom. The maximum Gasteiger partial charge on any atom is 0.240 e. The van der Waals surface area contributed by atoms with E-state index in [9.17, 15) is 0 Å². The minimum absolute atomic E-state index is 0.553. The van der Waals surface area contributed by atoms with E-state index in [1.54, 1.807) is 18.0 Å². The van der Waals surface area contributed by atoms with Crippen LogP contribution < -0.4 is 4.74 Å². The predicted molar refractivity (Wildman–Crippen MR) is 33.3 cm³/mol. The van der Waals surface area contributed by atoms with E-state index in [1.165, 1.54) is 0 Å². The zero-order valence-corrected chi connectivity index (χ0v) is 5.59. The Kier molecular flexibility index (Phi) is 1.72. The first-order chi connectivity index (χ1) is 4.36. The molecule has 1 radical (unpaired) electrons. The summed E-state index contributed by atoms with van der Waals surface area (Å²) in [4.78, 5) is 0. The molecule has 49 valence electrons. The second-order valence-corrected chi connectivity index (χ2v) is 1.64. The number of ether oxygens (including phenoxy) is 1. The molecule has 0 atom stereocenters. The largest absolute Gasteiger partial charge is 0.479 e. The minimum Gasteiger partial charge on any atom is -0.479 e. The van der Waals surface area contributed by atoms with E-state index in [4.69, 9.17) is 4.74 Å². The van der Waals surface area contributed by atoms with Gasteiger partial charge in [-0.3, -0.25) is 4.68 Å². The number of rotatable bonds is 2. The van der Waals surface area contributed by atoms with Crippen LogP contribution in [0.25, 0.3) is 0 Å². The summed E-state index contributed by atoms with van der Waals surface area (Å²) in [5.41, 5.74) is 0. The van der Waals surface area contributed by atoms with Gasteiger partial charge in [0.1, 0.15) is 0 Å². The first-order valence-corrected chi connectivity index (χ1v) is 2.86. The Labute approximate surface area is 54.2 Å². The van der Waals surface area contributed by atoms with Crippen molar-refractivity contribution in [3.05, 3.63) is 12.3 Å². The van der Waals surface area contributed by atoms with E-state index < -0.39 is 0 Å². The molecule has 0 N–H and O–H groups in total. The molecule has 0 saturated heterocycles. The van der Waals surface area contributed by atoms with Gasteiger partial charge in [-0.25, -0.2) is 0 Å². The SMILES string of the molecule is CCn1c[c]c(OC)n1. The normalized spacial score (nSPS) is 9.56. The van der Waals surface area contributed by atoms with Gasteiger partial charge in [-0.1, -0.05) is 0 Å². The molecular formula is C6H9N2O. The van der Waals surface area contributed by atoms with Gasteiger partial charge in [0.05, 0.1) is 13.2 Å². The molecule has 0 bridgehead atoms. The lowest BCUT2D eigenvalue weighted by atomic mass is 10.7. The first-order valence-electron chi connectivity index (χ1n) is 2.86. The molecule has 0 aliphatic heterocycles. The summed E-state index contributed by atoms with van der Waals surface area (Å²) in [7, 11) is 1.58. The zero-order chi connectivity index (χ0) is 6.69. The fourth-order valence-corrected chi connectivity index (χ4v) is 0.566. The van der Waals surface area contributed by atoms with E-state index in [0.29, 0.717) is 5.88 Å². The summed E-state index contributed by atoms with van der Waals surface area (Å²) >= 11 is 0. The lowest BCUT2D eigenvalue weighted by Gasteiger charge is -1.91. The summed E-state index contributed by atoms with van der Waals surface area (Å²) in [6, 6.07) is 2.84. The molecule has 1 heterocycles. The van der Waals surface area contributed by atoms with Crippen molar-refractivity contribution in [2.24, 2.45) is 0 Å². The van der Waals surface area contributed by atoms with Crippen molar-refractivity contribution in [2.45, 2.75) is 13.5 Å². The van der Waals surface area contributed by atoms with Gasteiger partial charge in [0.25, 0.3) is 0 Å². The highest BCUT2D eigenvalue weighted by Crippen LogP contribution is 2.01. The Bertz CT molecular complexity index is 164. The van der Waals surface area contributed by atoms with Crippen molar-refractivity contribution < 1.29 is 4.74 Å². The van der Waals surface area contributed by atoms with Crippen LogP contribution in [0.3, 0.4) is 0 Å². The molecule has 0 fully saturated rings. The molecule has 1 aromatic rings. The van der Waals surface area contributed by atoms with Crippen LogP contribution in [0.1, 0.15) is 6.92 Å². The van der Waals surface area contributed by atoms with Crippen molar-refractivity contribution in [1.29, 1.82) is 0 Å². The highest BCUT2D eigenvalue weighted by molar-refractivity contribution is 5.02. The van der Waals surface area contributed by atoms with Crippen LogP contribution in [0.4, 0.5) is 0 Å². The molecule has 3 heteroatoms. The lowest BCUT2D eigenvalue weighted by molar-refractivity contribution is 0.388. The number of aryl methyl sites for hydroxylation is 1. The van der Waals surface area contributed by atoms with Crippen molar-refractivity contribution in [3.63, 3.8) is 0 Å². The third kappa shape index (κ3) is 1.22. The third-order valence-corrected chi connectivity index (χ3v) is 1.07. The predicted octanol–water partition coefficient (Wildman–Crippen LogP) is 0.712. The summed E-state index contributed by atoms with van der Waals surface area (Å²) in [5.74, 6) is 0.553. The maximum absolute atomic E-state index is 4.81. The highest BCUT2D eigenvalue weighted by Gasteiger charge is 1.93. The third-order valence-electron chi connectivity index (χ3n) is 1.07. The highest BCUT2D eigenvalue weighted by atomic mass is 16.5. The average molecular weight is 125 g/mol. The van der Waals surface area contributed by atoms with Crippen LogP contribution in [0.2, 0.25) is 0 Å². The van der Waals surface area contributed by atoms with Gasteiger partial charge in [-0.2, -0.15) is 0 Å². The van der Waals surface area contributed by atoms with Crippen molar-refractivity contribution in [2.75, 3.05) is 7.11 Å². The molecule has 0 aromatic carbocycles. The number of hydrogen-bond donors (Lipinski definition) is 0. The summed E-state index contributed by atoms with van der Waals surface area (Å²) in [6.07, 6.45) is 1.76. The summed E-state index contributed by atoms with van der Waals surface area (Å²) in [6.45, 7) is 2.88. The fourth-order valence-electron chi connectivity index (χ4n) is 0.566. The van der Waals surface area contributed by atoms with Gasteiger partial charge in [0, 0.05) is 12.7 Å². The standard InChI is InChI=1S/C6H9N2O/c1-3-8-5-4-6(7-8)9-2/h5H,3H2,1-2H3. The molecule has 1 rings (SSSR count). The Balaban J connectivity index is 2.74. The number of hydrogen-bond acceptors (Lipinski definition) is 2. The van der Waals surface area contributed by atoms with Gasteiger partial charge in [-0.15, -0.1) is 5.10 Å². The van der Waals surface area contributed by atoms with Gasteiger partial charge >= 0.3 is 0 Å². The topological polar surface area (TPSA) is 27.1 Å². The van der Waals surface area contributed by atoms with Gasteiger partial charge in [-0.05, 0) is 6.92 Å². The van der Waals surface area contributed by atoms with Gasteiger partial charge < -0.3 is 4.74 Å². The lowest BCUT2D eigenvalue weighted by Crippen LogP contribution is -1.94. The zero-order valence-electron chi connectivity index (χ0n) is 5.59. The minimum atomic E-state index is 0.553. The van der Waals surface area contributed by atoms with Crippen molar-refractivity contribution in [3.8, 4) is 5.88 Å². The number of aromatic nitrogens is 2. The molecule has 9 heavy (non-hydrogen) atoms. The smallest absolute Gasteiger partial charge is 0.240 e. The van der Waals surface area contributed by atoms with Crippen molar-refractivity contribution in [1.82, 2.24) is 9.78 Å². The molecular weight excluding hydrogens is 116 g/mol. The Morgan fingerprint density at radius 2 is 2.67 bits per heavy atom. The first kappa shape index (κ1) is 6.13. The molecule has 0 saturated carbocycles. The van der Waals surface area contributed by atoms with E-state index >= 15 is 0 Å². The van der Waals surface area contributed by atoms with E-state index in [2.05, 4.69) is 11.2 Å². The summed E-state index contributed by atoms with van der Waals surface area (Å²) in [5, 5.41) is 3.99. The van der Waals surface area contributed by atoms with E-state index in [0.717, 1.165) is 6.54 Å². The van der Waals surface area contributed by atoms with Crippen LogP contribution in [0.15, 0.2) is 6.20 Å². The molecule has 1 aromatic heterocycles. The second-order valence-electron chi connectivity index (χ2n) is 1.64. The summed E-state index contributed by atoms with van der Waals surface area (Å²) < 4.78 is 6.57. The van der Waals surface area contributed by atoms with Gasteiger partial charge in [0.2, 0.25) is 5.88 Å². The molecule has 0 spiro atoms. The monoisotopic (exact) mass is 125 g/mol. The van der Waals surface area contributed by atoms with Crippen LogP contribution >= 0.6 is 0 Å². The molecule has 0 aliphatic carbocycles. The Morgan fingerprint density at radius 3 is 3.00 bits per heavy atom. The van der Waals surface area contributed by atoms with Crippen LogP contribution in [-0.2, 0) is 6.54 Å². The molecule has 0 amide bonds. The maximum atomic E-state index is 4.81. The van der Waals surface area contributed by atoms with Crippen LogP contribution in [-0.4, -0.2) is 16.9 Å². The molecule has 3 nitrogen and oxygen atoms in total. The average Bonchev–Trinajstić information content (AvgIpc) is 2.34. The number of methoxy groups -OCH3 is 1. The fraction of sp³-hybridized carbons (Fsp3) is 0.500. The van der Waals surface area contributed by atoms with Crippen LogP contribution in [0, 0.1) is 6.07 Å². The molecule has 0 aliphatic rings. The number of nitrogens with zero attached hydrogens (tertiary/aromatic N) is 2. The Hall–Kier alpha value is -0.990. The van der Waals surface area contributed by atoms with Crippen molar-refractivity contribution >= 4 is 0 Å². The second kappa shape index (κ2) is 2.53. The van der Waals surface area contributed by atoms with Crippen LogP contribution in [0.5, 0.6) is 5.88 Å². The van der Waals surface area contributed by atoms with E-state index in [-0.39, 0.29) is 0 Å². The molecule has 0 unspecified atom stereocenters. The van der Waals surface area contributed by atoms with E-state index in [1.807, 2.05) is 6.92 Å². The quantitative estimate of drug-likeness (QED) is 0.582.